The Hall–Kier alpha value is -3.61. The summed E-state index contributed by atoms with van der Waals surface area (Å²) < 4.78 is 3.94. The summed E-state index contributed by atoms with van der Waals surface area (Å²) in [5, 5.41) is 15.6. The van der Waals surface area contributed by atoms with Gasteiger partial charge in [-0.2, -0.15) is 0 Å². The molecule has 0 atom stereocenters. The van der Waals surface area contributed by atoms with Crippen LogP contribution in [-0.4, -0.2) is 38.3 Å². The van der Waals surface area contributed by atoms with Gasteiger partial charge in [-0.3, -0.25) is 4.79 Å². The molecule has 4 aromatic rings. The van der Waals surface area contributed by atoms with Gasteiger partial charge < -0.3 is 19.8 Å². The Kier molecular flexibility index (Phi) is 5.05. The molecule has 0 fully saturated rings. The Morgan fingerprint density at radius 1 is 1.00 bits per heavy atom. The largest absolute Gasteiger partial charge is 0.367 e. The molecule has 1 amide bonds. The van der Waals surface area contributed by atoms with Crippen LogP contribution in [0.2, 0.25) is 0 Å². The molecule has 0 saturated heterocycles. The molecular weight excluding hydrogens is 352 g/mol. The zero-order valence-corrected chi connectivity index (χ0v) is 15.7. The first-order valence-electron chi connectivity index (χ1n) is 9.21. The van der Waals surface area contributed by atoms with Gasteiger partial charge in [0.2, 0.25) is 5.91 Å². The van der Waals surface area contributed by atoms with Crippen molar-refractivity contribution in [1.29, 1.82) is 0 Å². The Labute approximate surface area is 163 Å². The highest BCUT2D eigenvalue weighted by molar-refractivity contribution is 5.89. The average Bonchev–Trinajstić information content (AvgIpc) is 3.35. The minimum Gasteiger partial charge on any atom is -0.367 e. The van der Waals surface area contributed by atoms with Crippen molar-refractivity contribution >= 4 is 22.6 Å². The first kappa shape index (κ1) is 17.8. The molecular formula is C21H22N6O. The minimum atomic E-state index is 0.00666. The molecule has 0 aliphatic heterocycles. The van der Waals surface area contributed by atoms with Gasteiger partial charge in [0, 0.05) is 49.6 Å². The molecule has 0 aliphatic carbocycles. The lowest BCUT2D eigenvalue weighted by atomic mass is 10.1. The van der Waals surface area contributed by atoms with Crippen LogP contribution in [-0.2, 0) is 18.3 Å². The molecule has 0 aliphatic rings. The maximum Gasteiger partial charge on any atom is 0.224 e. The van der Waals surface area contributed by atoms with Crippen LogP contribution in [0.5, 0.6) is 0 Å². The van der Waals surface area contributed by atoms with Crippen LogP contribution in [0.4, 0.5) is 5.82 Å². The molecule has 7 nitrogen and oxygen atoms in total. The molecule has 0 spiro atoms. The van der Waals surface area contributed by atoms with E-state index in [4.69, 9.17) is 0 Å². The van der Waals surface area contributed by atoms with Gasteiger partial charge in [0.1, 0.15) is 5.82 Å². The van der Waals surface area contributed by atoms with Crippen LogP contribution in [0.3, 0.4) is 0 Å². The maximum absolute atomic E-state index is 12.3. The molecule has 142 valence electrons. The van der Waals surface area contributed by atoms with E-state index in [2.05, 4.69) is 37.5 Å². The number of hydrogen-bond donors (Lipinski definition) is 2. The van der Waals surface area contributed by atoms with Crippen molar-refractivity contribution in [3.05, 3.63) is 72.7 Å². The smallest absolute Gasteiger partial charge is 0.224 e. The van der Waals surface area contributed by atoms with E-state index in [9.17, 15) is 4.79 Å². The van der Waals surface area contributed by atoms with Crippen molar-refractivity contribution < 1.29 is 4.79 Å². The number of hydrogen-bond acceptors (Lipinski definition) is 4. The lowest BCUT2D eigenvalue weighted by Crippen LogP contribution is -2.30. The van der Waals surface area contributed by atoms with E-state index in [0.717, 1.165) is 22.3 Å². The fourth-order valence-corrected chi connectivity index (χ4v) is 3.24. The average molecular weight is 374 g/mol. The Bertz CT molecular complexity index is 1070. The second-order valence-electron chi connectivity index (χ2n) is 6.60. The number of nitrogens with one attached hydrogen (secondary N) is 2. The number of fused-ring (bicyclic) bond motifs is 1. The Balaban J connectivity index is 1.25. The quantitative estimate of drug-likeness (QED) is 0.488. The summed E-state index contributed by atoms with van der Waals surface area (Å²) in [6.07, 6.45) is 6.22. The zero-order valence-electron chi connectivity index (χ0n) is 15.7. The van der Waals surface area contributed by atoms with Crippen LogP contribution in [0.1, 0.15) is 5.56 Å². The molecule has 0 unspecified atom stereocenters. The fourth-order valence-electron chi connectivity index (χ4n) is 3.24. The van der Waals surface area contributed by atoms with Crippen molar-refractivity contribution in [2.45, 2.75) is 6.42 Å². The summed E-state index contributed by atoms with van der Waals surface area (Å²) in [7, 11) is 2.00. The van der Waals surface area contributed by atoms with E-state index in [0.29, 0.717) is 25.3 Å². The molecule has 0 saturated carbocycles. The molecule has 4 rings (SSSR count). The molecule has 0 radical (unpaired) electrons. The van der Waals surface area contributed by atoms with Crippen molar-refractivity contribution in [3.8, 4) is 5.82 Å². The molecule has 3 aromatic heterocycles. The molecule has 2 N–H and O–H groups in total. The fraction of sp³-hybridized carbons (Fsp3) is 0.190. The SMILES string of the molecule is Cn1cc(CC(=O)NCCNc2ccc(-n3cccc3)nn2)c2ccccc21. The number of rotatable bonds is 7. The number of amides is 1. The number of aryl methyl sites for hydroxylation is 1. The van der Waals surface area contributed by atoms with E-state index in [1.807, 2.05) is 66.6 Å². The zero-order chi connectivity index (χ0) is 19.3. The second kappa shape index (κ2) is 7.96. The van der Waals surface area contributed by atoms with Crippen molar-refractivity contribution in [1.82, 2.24) is 24.6 Å². The summed E-state index contributed by atoms with van der Waals surface area (Å²) in [6, 6.07) is 15.8. The van der Waals surface area contributed by atoms with Gasteiger partial charge in [-0.25, -0.2) is 0 Å². The van der Waals surface area contributed by atoms with E-state index in [1.54, 1.807) is 0 Å². The molecule has 3 heterocycles. The maximum atomic E-state index is 12.3. The second-order valence-corrected chi connectivity index (χ2v) is 6.60. The standard InChI is InChI=1S/C21H22N6O/c1-26-15-16(17-6-2-3-7-18(17)26)14-21(28)23-11-10-22-19-8-9-20(25-24-19)27-12-4-5-13-27/h2-9,12-13,15H,10-11,14H2,1H3,(H,22,24)(H,23,28). The van der Waals surface area contributed by atoms with Gasteiger partial charge in [0.15, 0.2) is 5.82 Å². The molecule has 0 bridgehead atoms. The van der Waals surface area contributed by atoms with Gasteiger partial charge in [-0.05, 0) is 35.9 Å². The van der Waals surface area contributed by atoms with Crippen LogP contribution in [0.25, 0.3) is 16.7 Å². The summed E-state index contributed by atoms with van der Waals surface area (Å²) >= 11 is 0. The van der Waals surface area contributed by atoms with Gasteiger partial charge in [0.25, 0.3) is 0 Å². The van der Waals surface area contributed by atoms with Gasteiger partial charge in [0.05, 0.1) is 6.42 Å². The predicted molar refractivity (Wildman–Crippen MR) is 109 cm³/mol. The third-order valence-corrected chi connectivity index (χ3v) is 4.60. The number of para-hydroxylation sites is 1. The van der Waals surface area contributed by atoms with Crippen LogP contribution in [0, 0.1) is 0 Å². The highest BCUT2D eigenvalue weighted by Crippen LogP contribution is 2.20. The lowest BCUT2D eigenvalue weighted by Gasteiger charge is -2.08. The van der Waals surface area contributed by atoms with Crippen LogP contribution < -0.4 is 10.6 Å². The predicted octanol–water partition coefficient (Wildman–Crippen LogP) is 2.53. The summed E-state index contributed by atoms with van der Waals surface area (Å²) in [6.45, 7) is 1.10. The van der Waals surface area contributed by atoms with Gasteiger partial charge in [-0.15, -0.1) is 10.2 Å². The van der Waals surface area contributed by atoms with Crippen molar-refractivity contribution in [2.24, 2.45) is 7.05 Å². The number of carbonyl (C=O) groups excluding carboxylic acids is 1. The number of carbonyl (C=O) groups is 1. The minimum absolute atomic E-state index is 0.00666. The van der Waals surface area contributed by atoms with E-state index >= 15 is 0 Å². The molecule has 1 aromatic carbocycles. The highest BCUT2D eigenvalue weighted by Gasteiger charge is 2.10. The summed E-state index contributed by atoms with van der Waals surface area (Å²) in [5.74, 6) is 1.45. The third kappa shape index (κ3) is 3.88. The highest BCUT2D eigenvalue weighted by atomic mass is 16.1. The summed E-state index contributed by atoms with van der Waals surface area (Å²) in [5.41, 5.74) is 2.17. The number of nitrogens with zero attached hydrogens (tertiary/aromatic N) is 4. The van der Waals surface area contributed by atoms with Gasteiger partial charge >= 0.3 is 0 Å². The number of benzene rings is 1. The molecule has 7 heteroatoms. The van der Waals surface area contributed by atoms with Crippen molar-refractivity contribution in [2.75, 3.05) is 18.4 Å². The third-order valence-electron chi connectivity index (χ3n) is 4.60. The molecule has 28 heavy (non-hydrogen) atoms. The van der Waals surface area contributed by atoms with Crippen LogP contribution in [0.15, 0.2) is 67.1 Å². The lowest BCUT2D eigenvalue weighted by molar-refractivity contribution is -0.120. The normalized spacial score (nSPS) is 10.9. The van der Waals surface area contributed by atoms with E-state index in [1.165, 1.54) is 0 Å². The van der Waals surface area contributed by atoms with Gasteiger partial charge in [-0.1, -0.05) is 18.2 Å². The Morgan fingerprint density at radius 2 is 1.82 bits per heavy atom. The number of aromatic nitrogens is 4. The van der Waals surface area contributed by atoms with Crippen molar-refractivity contribution in [3.63, 3.8) is 0 Å². The number of anilines is 1. The monoisotopic (exact) mass is 374 g/mol. The topological polar surface area (TPSA) is 76.8 Å². The van der Waals surface area contributed by atoms with E-state index in [-0.39, 0.29) is 5.91 Å². The first-order valence-corrected chi connectivity index (χ1v) is 9.21. The van der Waals surface area contributed by atoms with E-state index < -0.39 is 0 Å². The summed E-state index contributed by atoms with van der Waals surface area (Å²) in [4.78, 5) is 12.3. The Morgan fingerprint density at radius 3 is 2.61 bits per heavy atom. The van der Waals surface area contributed by atoms with Crippen LogP contribution >= 0.6 is 0 Å². The first-order chi connectivity index (χ1) is 13.7.